The first-order chi connectivity index (χ1) is 7.53. The molecule has 0 saturated heterocycles. The van der Waals surface area contributed by atoms with Crippen molar-refractivity contribution in [3.8, 4) is 0 Å². The number of hydrogen-bond acceptors (Lipinski definition) is 8. The Hall–Kier alpha value is 1.51. The molecule has 1 aromatic carbocycles. The van der Waals surface area contributed by atoms with Crippen molar-refractivity contribution < 1.29 is 125 Å². The Kier molecular flexibility index (Phi) is 12.7. The Morgan fingerprint density at radius 3 is 1.65 bits per heavy atom. The zero-order chi connectivity index (χ0) is 13.4. The van der Waals surface area contributed by atoms with Crippen molar-refractivity contribution in [2.24, 2.45) is 0 Å². The van der Waals surface area contributed by atoms with Gasteiger partial charge < -0.3 is 19.0 Å². The monoisotopic (exact) mass is 348 g/mol. The minimum Gasteiger partial charge on any atom is -0.744 e. The van der Waals surface area contributed by atoms with Crippen LogP contribution in [-0.4, -0.2) is 31.9 Å². The third kappa shape index (κ3) is 7.18. The summed E-state index contributed by atoms with van der Waals surface area (Å²) >= 11 is 0. The molecule has 0 atom stereocenters. The zero-order valence-corrected chi connectivity index (χ0v) is 18.4. The van der Waals surface area contributed by atoms with Crippen molar-refractivity contribution >= 4 is 26.2 Å². The standard InChI is InChI=1S/C7H6O8S2.3Na/c8-7(9)5-3-4(16(10,11)12)1-2-6(5)17(13,14)15;;;/h1-3H,(H,8,9)(H,10,11,12)(H,13,14,15);;;/q;3*+1/p-3. The third-order valence-electron chi connectivity index (χ3n) is 1.73. The number of carboxylic acid groups (broad SMARTS) is 1. The maximum absolute atomic E-state index is 10.6. The number of carboxylic acids is 1. The summed E-state index contributed by atoms with van der Waals surface area (Å²) < 4.78 is 63.7. The molecule has 0 fully saturated rings. The van der Waals surface area contributed by atoms with Gasteiger partial charge in [-0.3, -0.25) is 0 Å². The van der Waals surface area contributed by atoms with Crippen LogP contribution < -0.4 is 93.8 Å². The van der Waals surface area contributed by atoms with Gasteiger partial charge in [0.05, 0.1) is 15.8 Å². The molecule has 20 heavy (non-hydrogen) atoms. The van der Waals surface area contributed by atoms with E-state index in [9.17, 15) is 35.8 Å². The van der Waals surface area contributed by atoms with Gasteiger partial charge in [-0.2, -0.15) is 0 Å². The van der Waals surface area contributed by atoms with Crippen LogP contribution >= 0.6 is 0 Å². The second kappa shape index (κ2) is 9.60. The van der Waals surface area contributed by atoms with Gasteiger partial charge in [0.1, 0.15) is 20.2 Å². The molecule has 0 heterocycles. The van der Waals surface area contributed by atoms with Crippen LogP contribution in [0, 0.1) is 0 Å². The average molecular weight is 348 g/mol. The number of hydrogen-bond donors (Lipinski definition) is 0. The minimum atomic E-state index is -5.11. The molecule has 0 radical (unpaired) electrons. The van der Waals surface area contributed by atoms with Gasteiger partial charge in [-0.05, 0) is 18.2 Å². The van der Waals surface area contributed by atoms with E-state index in [4.69, 9.17) is 0 Å². The van der Waals surface area contributed by atoms with E-state index in [1.54, 1.807) is 0 Å². The summed E-state index contributed by atoms with van der Waals surface area (Å²) in [6, 6.07) is 1.22. The van der Waals surface area contributed by atoms with E-state index in [2.05, 4.69) is 0 Å². The predicted octanol–water partition coefficient (Wildman–Crippen LogP) is -11.1. The first-order valence-corrected chi connectivity index (χ1v) is 6.62. The average Bonchev–Trinajstić information content (AvgIpc) is 2.14. The molecule has 0 unspecified atom stereocenters. The summed E-state index contributed by atoms with van der Waals surface area (Å²) in [7, 11) is -10.1. The van der Waals surface area contributed by atoms with E-state index in [0.717, 1.165) is 0 Å². The molecule has 0 bridgehead atoms. The fourth-order valence-electron chi connectivity index (χ4n) is 1.04. The maximum atomic E-state index is 10.6. The number of carbonyl (C=O) groups is 1. The van der Waals surface area contributed by atoms with Crippen molar-refractivity contribution in [2.75, 3.05) is 0 Å². The van der Waals surface area contributed by atoms with Crippen LogP contribution in [0.3, 0.4) is 0 Å². The topological polar surface area (TPSA) is 155 Å². The molecule has 0 aliphatic heterocycles. The molecule has 0 spiro atoms. The molecule has 94 valence electrons. The molecule has 0 aliphatic rings. The molecular weight excluding hydrogens is 345 g/mol. The molecule has 0 N–H and O–H groups in total. The predicted molar refractivity (Wildman–Crippen MR) is 46.7 cm³/mol. The second-order valence-corrected chi connectivity index (χ2v) is 5.58. The Balaban J connectivity index is -0.000000963. The van der Waals surface area contributed by atoms with E-state index in [1.165, 1.54) is 0 Å². The second-order valence-electron chi connectivity index (χ2n) is 2.85. The smallest absolute Gasteiger partial charge is 0.744 e. The summed E-state index contributed by atoms with van der Waals surface area (Å²) in [4.78, 5) is 8.41. The SMILES string of the molecule is O=C([O-])c1cc(S(=O)(=O)[O-])ccc1S(=O)(=O)[O-].[Na+].[Na+].[Na+]. The number of rotatable bonds is 3. The van der Waals surface area contributed by atoms with Crippen molar-refractivity contribution in [1.82, 2.24) is 0 Å². The van der Waals surface area contributed by atoms with Crippen LogP contribution in [0.5, 0.6) is 0 Å². The van der Waals surface area contributed by atoms with Crippen molar-refractivity contribution in [1.29, 1.82) is 0 Å². The molecule has 0 amide bonds. The summed E-state index contributed by atoms with van der Waals surface area (Å²) in [6.45, 7) is 0. The van der Waals surface area contributed by atoms with Crippen LogP contribution in [0.2, 0.25) is 0 Å². The maximum Gasteiger partial charge on any atom is 1.00 e. The first-order valence-electron chi connectivity index (χ1n) is 3.80. The Labute approximate surface area is 181 Å². The molecule has 8 nitrogen and oxygen atoms in total. The fraction of sp³-hybridized carbons (Fsp3) is 0. The van der Waals surface area contributed by atoms with Crippen molar-refractivity contribution in [3.63, 3.8) is 0 Å². The first kappa shape index (κ1) is 26.4. The van der Waals surface area contributed by atoms with Gasteiger partial charge in [0.15, 0.2) is 0 Å². The van der Waals surface area contributed by atoms with E-state index in [-0.39, 0.29) is 94.7 Å². The van der Waals surface area contributed by atoms with Crippen LogP contribution in [0.15, 0.2) is 28.0 Å². The van der Waals surface area contributed by atoms with Crippen LogP contribution in [0.25, 0.3) is 0 Å². The largest absolute Gasteiger partial charge is 1.00 e. The van der Waals surface area contributed by atoms with Crippen molar-refractivity contribution in [2.45, 2.75) is 9.79 Å². The molecule has 0 saturated carbocycles. The Morgan fingerprint density at radius 2 is 1.35 bits per heavy atom. The van der Waals surface area contributed by atoms with Gasteiger partial charge in [-0.25, -0.2) is 16.8 Å². The normalized spacial score (nSPS) is 10.5. The molecule has 0 aromatic heterocycles. The van der Waals surface area contributed by atoms with Crippen LogP contribution in [0.1, 0.15) is 10.4 Å². The summed E-state index contributed by atoms with van der Waals surface area (Å²) in [6.07, 6.45) is 0. The molecule has 13 heteroatoms. The van der Waals surface area contributed by atoms with Gasteiger partial charge in [0.25, 0.3) is 0 Å². The van der Waals surface area contributed by atoms with Gasteiger partial charge in [-0.15, -0.1) is 0 Å². The number of aromatic carboxylic acids is 1. The van der Waals surface area contributed by atoms with E-state index < -0.39 is 41.6 Å². The third-order valence-corrected chi connectivity index (χ3v) is 3.45. The molecule has 0 aliphatic carbocycles. The molecular formula is C7H3Na3O8S2. The molecule has 1 aromatic rings. The van der Waals surface area contributed by atoms with Gasteiger partial charge >= 0.3 is 88.7 Å². The van der Waals surface area contributed by atoms with Gasteiger partial charge in [-0.1, -0.05) is 0 Å². The molecule has 1 rings (SSSR count). The van der Waals surface area contributed by atoms with Crippen molar-refractivity contribution in [3.05, 3.63) is 23.8 Å². The minimum absolute atomic E-state index is 0. The number of carbonyl (C=O) groups excluding carboxylic acids is 1. The Morgan fingerprint density at radius 1 is 0.900 bits per heavy atom. The van der Waals surface area contributed by atoms with E-state index in [0.29, 0.717) is 12.1 Å². The van der Waals surface area contributed by atoms with Gasteiger partial charge in [0.2, 0.25) is 0 Å². The van der Waals surface area contributed by atoms with Crippen LogP contribution in [0.4, 0.5) is 0 Å². The summed E-state index contributed by atoms with van der Waals surface area (Å²) in [5, 5.41) is 10.5. The van der Waals surface area contributed by atoms with E-state index in [1.807, 2.05) is 0 Å². The Bertz CT molecular complexity index is 682. The summed E-state index contributed by atoms with van der Waals surface area (Å²) in [5.74, 6) is -2.08. The summed E-state index contributed by atoms with van der Waals surface area (Å²) in [5.41, 5.74) is -1.17. The quantitative estimate of drug-likeness (QED) is 0.385. The van der Waals surface area contributed by atoms with E-state index >= 15 is 0 Å². The number of benzene rings is 1. The van der Waals surface area contributed by atoms with Gasteiger partial charge in [0, 0.05) is 5.56 Å². The fourth-order valence-corrected chi connectivity index (χ4v) is 2.19. The zero-order valence-electron chi connectivity index (χ0n) is 10.8. The van der Waals surface area contributed by atoms with Crippen LogP contribution in [-0.2, 0) is 20.2 Å².